The Morgan fingerprint density at radius 3 is 1.87 bits per heavy atom. The summed E-state index contributed by atoms with van der Waals surface area (Å²) in [6, 6.07) is 60.9. The van der Waals surface area contributed by atoms with E-state index in [1.54, 1.807) is 0 Å². The van der Waals surface area contributed by atoms with Gasteiger partial charge in [0, 0.05) is 27.8 Å². The smallest absolute Gasteiger partial charge is 0.160 e. The van der Waals surface area contributed by atoms with Crippen LogP contribution in [0.5, 0.6) is 0 Å². The van der Waals surface area contributed by atoms with E-state index < -0.39 is 0 Å². The quantitative estimate of drug-likeness (QED) is 0.171. The van der Waals surface area contributed by atoms with Crippen LogP contribution in [0.2, 0.25) is 0 Å². The Hall–Kier alpha value is -6.64. The molecule has 0 radical (unpaired) electrons. The number of hydrogen-bond acceptors (Lipinski definition) is 2. The summed E-state index contributed by atoms with van der Waals surface area (Å²) in [6.07, 6.45) is 7.95. The van der Waals surface area contributed by atoms with Crippen LogP contribution in [-0.4, -0.2) is 9.97 Å². The molecule has 0 amide bonds. The van der Waals surface area contributed by atoms with Crippen molar-refractivity contribution in [3.63, 3.8) is 0 Å². The van der Waals surface area contributed by atoms with Crippen molar-refractivity contribution in [2.75, 3.05) is 0 Å². The first-order chi connectivity index (χ1) is 25.8. The summed E-state index contributed by atoms with van der Waals surface area (Å²) in [5.41, 5.74) is 10.2. The number of rotatable bonds is 5. The van der Waals surface area contributed by atoms with Crippen LogP contribution in [0.15, 0.2) is 188 Å². The van der Waals surface area contributed by atoms with Gasteiger partial charge in [-0.2, -0.15) is 0 Å². The van der Waals surface area contributed by atoms with Gasteiger partial charge < -0.3 is 0 Å². The Balaban J connectivity index is 1.22. The van der Waals surface area contributed by atoms with Crippen molar-refractivity contribution in [1.29, 1.82) is 0 Å². The maximum Gasteiger partial charge on any atom is 0.160 e. The molecule has 0 spiro atoms. The Morgan fingerprint density at radius 1 is 0.442 bits per heavy atom. The lowest BCUT2D eigenvalue weighted by Crippen LogP contribution is -2.02. The third kappa shape index (κ3) is 5.28. The number of aromatic nitrogens is 2. The molecule has 1 aromatic heterocycles. The molecule has 9 aromatic rings. The monoisotopic (exact) mass is 662 g/mol. The van der Waals surface area contributed by atoms with Gasteiger partial charge in [-0.3, -0.25) is 0 Å². The van der Waals surface area contributed by atoms with Crippen LogP contribution in [0.1, 0.15) is 23.5 Å². The van der Waals surface area contributed by atoms with Gasteiger partial charge in [0.1, 0.15) is 0 Å². The Morgan fingerprint density at radius 2 is 1.10 bits per heavy atom. The molecule has 1 aliphatic carbocycles. The largest absolute Gasteiger partial charge is 0.227 e. The second-order valence-corrected chi connectivity index (χ2v) is 13.7. The van der Waals surface area contributed by atoms with Gasteiger partial charge in [0.2, 0.25) is 0 Å². The Labute approximate surface area is 303 Å². The standard InChI is InChI=1S/C50H34N2/c1-3-13-33(14-4-1)34-23-25-35(26-24-34)39-29-40(47-32-38-18-8-9-19-42(38)44-21-11-12-22-45(44)47)31-41(30-39)50-51-48(37-16-5-2-6-17-37)46-28-27-36-15-7-10-20-43(36)49(46)52-50/h1-25,27-32,35H,26H2. The lowest BCUT2D eigenvalue weighted by Gasteiger charge is -2.20. The van der Waals surface area contributed by atoms with Crippen molar-refractivity contribution in [2.24, 2.45) is 0 Å². The second kappa shape index (κ2) is 12.6. The highest BCUT2D eigenvalue weighted by Crippen LogP contribution is 2.41. The van der Waals surface area contributed by atoms with Crippen LogP contribution in [-0.2, 0) is 0 Å². The minimum absolute atomic E-state index is 0.216. The van der Waals surface area contributed by atoms with E-state index in [-0.39, 0.29) is 5.92 Å². The van der Waals surface area contributed by atoms with E-state index in [1.807, 2.05) is 0 Å². The van der Waals surface area contributed by atoms with Gasteiger partial charge in [0.05, 0.1) is 11.2 Å². The third-order valence-electron chi connectivity index (χ3n) is 10.6. The van der Waals surface area contributed by atoms with Crippen LogP contribution in [0, 0.1) is 0 Å². The summed E-state index contributed by atoms with van der Waals surface area (Å²) in [6.45, 7) is 0. The minimum Gasteiger partial charge on any atom is -0.227 e. The lowest BCUT2D eigenvalue weighted by molar-refractivity contribution is 0.857. The first-order valence-corrected chi connectivity index (χ1v) is 18.0. The van der Waals surface area contributed by atoms with Gasteiger partial charge in [-0.05, 0) is 85.4 Å². The molecule has 10 rings (SSSR count). The number of hydrogen-bond donors (Lipinski definition) is 0. The molecule has 0 bridgehead atoms. The van der Waals surface area contributed by atoms with Crippen molar-refractivity contribution in [3.05, 3.63) is 199 Å². The summed E-state index contributed by atoms with van der Waals surface area (Å²) in [5, 5.41) is 8.36. The number of nitrogens with zero attached hydrogens (tertiary/aromatic N) is 2. The molecule has 0 saturated carbocycles. The maximum absolute atomic E-state index is 5.40. The van der Waals surface area contributed by atoms with E-state index >= 15 is 0 Å². The SMILES string of the molecule is C1=CC(c2cc(-c3nc(-c4ccccc4)c4ccc5ccccc5c4n3)cc(-c3cc4ccccc4c4ccccc34)c2)CC=C1c1ccccc1. The molecule has 0 N–H and O–H groups in total. The predicted molar refractivity (Wildman–Crippen MR) is 219 cm³/mol. The molecule has 0 aliphatic heterocycles. The fraction of sp³-hybridized carbons (Fsp3) is 0.0400. The molecule has 0 saturated heterocycles. The molecule has 2 heteroatoms. The van der Waals surface area contributed by atoms with Gasteiger partial charge >= 0.3 is 0 Å². The van der Waals surface area contributed by atoms with Gasteiger partial charge in [-0.1, -0.05) is 164 Å². The van der Waals surface area contributed by atoms with Gasteiger partial charge in [-0.25, -0.2) is 9.97 Å². The van der Waals surface area contributed by atoms with Crippen LogP contribution in [0.4, 0.5) is 0 Å². The zero-order valence-corrected chi connectivity index (χ0v) is 28.6. The van der Waals surface area contributed by atoms with Crippen molar-refractivity contribution in [1.82, 2.24) is 9.97 Å². The van der Waals surface area contributed by atoms with Crippen LogP contribution < -0.4 is 0 Å². The maximum atomic E-state index is 5.40. The van der Waals surface area contributed by atoms with Crippen LogP contribution >= 0.6 is 0 Å². The fourth-order valence-electron chi connectivity index (χ4n) is 7.96. The van der Waals surface area contributed by atoms with E-state index in [4.69, 9.17) is 9.97 Å². The Bertz CT molecular complexity index is 2870. The zero-order valence-electron chi connectivity index (χ0n) is 28.6. The Kier molecular flexibility index (Phi) is 7.32. The van der Waals surface area contributed by atoms with Crippen LogP contribution in [0.3, 0.4) is 0 Å². The van der Waals surface area contributed by atoms with Crippen molar-refractivity contribution < 1.29 is 0 Å². The van der Waals surface area contributed by atoms with E-state index in [0.717, 1.165) is 45.4 Å². The second-order valence-electron chi connectivity index (χ2n) is 13.7. The van der Waals surface area contributed by atoms with Gasteiger partial charge in [0.15, 0.2) is 5.82 Å². The highest BCUT2D eigenvalue weighted by atomic mass is 14.9. The highest BCUT2D eigenvalue weighted by molar-refractivity contribution is 6.14. The van der Waals surface area contributed by atoms with E-state index in [0.29, 0.717) is 0 Å². The number of benzene rings is 8. The van der Waals surface area contributed by atoms with Gasteiger partial charge in [-0.15, -0.1) is 0 Å². The lowest BCUT2D eigenvalue weighted by atomic mass is 9.85. The molecular weight excluding hydrogens is 629 g/mol. The zero-order chi connectivity index (χ0) is 34.4. The summed E-state index contributed by atoms with van der Waals surface area (Å²) in [7, 11) is 0. The molecule has 0 fully saturated rings. The summed E-state index contributed by atoms with van der Waals surface area (Å²) in [5.74, 6) is 0.948. The third-order valence-corrected chi connectivity index (χ3v) is 10.6. The molecule has 1 aliphatic rings. The first-order valence-electron chi connectivity index (χ1n) is 18.0. The normalized spacial score (nSPS) is 14.3. The molecule has 1 atom stereocenters. The molecule has 1 unspecified atom stereocenters. The average Bonchev–Trinajstić information content (AvgIpc) is 3.23. The van der Waals surface area contributed by atoms with Crippen LogP contribution in [0.25, 0.3) is 82.6 Å². The summed E-state index contributed by atoms with van der Waals surface area (Å²) >= 11 is 0. The van der Waals surface area contributed by atoms with E-state index in [2.05, 4.69) is 188 Å². The topological polar surface area (TPSA) is 25.8 Å². The van der Waals surface area contributed by atoms with Crippen molar-refractivity contribution >= 4 is 48.8 Å². The molecule has 1 heterocycles. The molecule has 52 heavy (non-hydrogen) atoms. The molecule has 244 valence electrons. The molecule has 2 nitrogen and oxygen atoms in total. The fourth-order valence-corrected chi connectivity index (χ4v) is 7.96. The summed E-state index contributed by atoms with van der Waals surface area (Å²) in [4.78, 5) is 10.8. The highest BCUT2D eigenvalue weighted by Gasteiger charge is 2.20. The van der Waals surface area contributed by atoms with Gasteiger partial charge in [0.25, 0.3) is 0 Å². The predicted octanol–water partition coefficient (Wildman–Crippen LogP) is 13.2. The molecule has 8 aromatic carbocycles. The minimum atomic E-state index is 0.216. The average molecular weight is 663 g/mol. The first kappa shape index (κ1) is 30.2. The van der Waals surface area contributed by atoms with E-state index in [9.17, 15) is 0 Å². The number of allylic oxidation sites excluding steroid dienone is 4. The molecular formula is C50H34N2. The van der Waals surface area contributed by atoms with Crippen molar-refractivity contribution in [3.8, 4) is 33.8 Å². The summed E-state index contributed by atoms with van der Waals surface area (Å²) < 4.78 is 0. The van der Waals surface area contributed by atoms with Crippen molar-refractivity contribution in [2.45, 2.75) is 12.3 Å². The number of fused-ring (bicyclic) bond motifs is 6. The van der Waals surface area contributed by atoms with E-state index in [1.165, 1.54) is 54.8 Å².